The van der Waals surface area contributed by atoms with Gasteiger partial charge in [-0.1, -0.05) is 18.2 Å². The lowest BCUT2D eigenvalue weighted by Gasteiger charge is -2.06. The van der Waals surface area contributed by atoms with Crippen LogP contribution in [-0.2, 0) is 11.3 Å². The maximum atomic E-state index is 13.3. The van der Waals surface area contributed by atoms with E-state index in [0.29, 0.717) is 15.7 Å². The van der Waals surface area contributed by atoms with E-state index in [9.17, 15) is 9.18 Å². The molecule has 1 aromatic carbocycles. The van der Waals surface area contributed by atoms with Crippen LogP contribution >= 0.6 is 15.9 Å². The summed E-state index contributed by atoms with van der Waals surface area (Å²) in [7, 11) is 0. The molecule has 0 aliphatic rings. The molecule has 1 aromatic heterocycles. The zero-order valence-corrected chi connectivity index (χ0v) is 10.9. The minimum absolute atomic E-state index is 0.104. The Kier molecular flexibility index (Phi) is 4.04. The van der Waals surface area contributed by atoms with Crippen LogP contribution in [0.4, 0.5) is 4.39 Å². The standard InChI is InChI=1S/C13H9BrFNO2/c14-12-10(5-3-7-16-12)13(17)18-8-9-4-1-2-6-11(9)15/h1-7H,8H2. The molecule has 5 heteroatoms. The fourth-order valence-electron chi connectivity index (χ4n) is 1.37. The van der Waals surface area contributed by atoms with E-state index in [-0.39, 0.29) is 6.61 Å². The maximum Gasteiger partial charge on any atom is 0.341 e. The first-order valence-corrected chi connectivity index (χ1v) is 5.99. The van der Waals surface area contributed by atoms with Gasteiger partial charge in [-0.25, -0.2) is 14.2 Å². The molecule has 3 nitrogen and oxygen atoms in total. The zero-order chi connectivity index (χ0) is 13.0. The summed E-state index contributed by atoms with van der Waals surface area (Å²) in [5.41, 5.74) is 0.653. The summed E-state index contributed by atoms with van der Waals surface area (Å²) in [4.78, 5) is 15.6. The van der Waals surface area contributed by atoms with Crippen molar-refractivity contribution < 1.29 is 13.9 Å². The summed E-state index contributed by atoms with van der Waals surface area (Å²) in [6, 6.07) is 9.37. The molecule has 0 radical (unpaired) electrons. The van der Waals surface area contributed by atoms with Crippen molar-refractivity contribution in [1.82, 2.24) is 4.98 Å². The molecule has 2 rings (SSSR count). The SMILES string of the molecule is O=C(OCc1ccccc1F)c1cccnc1Br. The van der Waals surface area contributed by atoms with Crippen molar-refractivity contribution in [2.45, 2.75) is 6.61 Å². The molecule has 0 amide bonds. The van der Waals surface area contributed by atoms with Gasteiger partial charge in [-0.15, -0.1) is 0 Å². The lowest BCUT2D eigenvalue weighted by Crippen LogP contribution is -2.07. The average Bonchev–Trinajstić information content (AvgIpc) is 2.38. The number of benzene rings is 1. The second-order valence-corrected chi connectivity index (χ2v) is 4.26. The Labute approximate surface area is 112 Å². The van der Waals surface area contributed by atoms with Crippen molar-refractivity contribution in [3.63, 3.8) is 0 Å². The molecule has 0 bridgehead atoms. The Hall–Kier alpha value is -1.75. The summed E-state index contributed by atoms with van der Waals surface area (Å²) in [5, 5.41) is 0. The summed E-state index contributed by atoms with van der Waals surface area (Å²) in [6.45, 7) is -0.104. The third kappa shape index (κ3) is 2.92. The van der Waals surface area contributed by atoms with Crippen LogP contribution in [0.15, 0.2) is 47.2 Å². The minimum atomic E-state index is -0.543. The molecule has 2 aromatic rings. The van der Waals surface area contributed by atoms with Gasteiger partial charge >= 0.3 is 5.97 Å². The number of carbonyl (C=O) groups is 1. The fraction of sp³-hybridized carbons (Fsp3) is 0.0769. The quantitative estimate of drug-likeness (QED) is 0.645. The topological polar surface area (TPSA) is 39.2 Å². The third-order valence-corrected chi connectivity index (χ3v) is 2.93. The van der Waals surface area contributed by atoms with Crippen molar-refractivity contribution >= 4 is 21.9 Å². The monoisotopic (exact) mass is 309 g/mol. The average molecular weight is 310 g/mol. The third-order valence-electron chi connectivity index (χ3n) is 2.30. The summed E-state index contributed by atoms with van der Waals surface area (Å²) in [5.74, 6) is -0.936. The maximum absolute atomic E-state index is 13.3. The number of rotatable bonds is 3. The van der Waals surface area contributed by atoms with Crippen LogP contribution in [0.5, 0.6) is 0 Å². The van der Waals surface area contributed by atoms with Crippen LogP contribution in [0.2, 0.25) is 0 Å². The Balaban J connectivity index is 2.06. The van der Waals surface area contributed by atoms with Crippen molar-refractivity contribution in [2.75, 3.05) is 0 Å². The van der Waals surface area contributed by atoms with E-state index in [2.05, 4.69) is 20.9 Å². The number of hydrogen-bond acceptors (Lipinski definition) is 3. The van der Waals surface area contributed by atoms with Gasteiger partial charge in [0, 0.05) is 11.8 Å². The summed E-state index contributed by atoms with van der Waals surface area (Å²) >= 11 is 3.15. The van der Waals surface area contributed by atoms with Crippen LogP contribution < -0.4 is 0 Å². The Bertz CT molecular complexity index is 574. The molecule has 0 N–H and O–H groups in total. The number of nitrogens with zero attached hydrogens (tertiary/aromatic N) is 1. The lowest BCUT2D eigenvalue weighted by atomic mass is 10.2. The molecule has 0 fully saturated rings. The zero-order valence-electron chi connectivity index (χ0n) is 9.27. The van der Waals surface area contributed by atoms with Crippen molar-refractivity contribution in [3.8, 4) is 0 Å². The molecule has 0 saturated heterocycles. The van der Waals surface area contributed by atoms with Gasteiger partial charge in [-0.3, -0.25) is 0 Å². The van der Waals surface area contributed by atoms with E-state index in [1.54, 1.807) is 36.5 Å². The predicted molar refractivity (Wildman–Crippen MR) is 67.5 cm³/mol. The van der Waals surface area contributed by atoms with Gasteiger partial charge in [0.2, 0.25) is 0 Å². The molecular weight excluding hydrogens is 301 g/mol. The highest BCUT2D eigenvalue weighted by Crippen LogP contribution is 2.15. The summed E-state index contributed by atoms with van der Waals surface area (Å²) < 4.78 is 18.7. The second kappa shape index (κ2) is 5.73. The van der Waals surface area contributed by atoms with Crippen molar-refractivity contribution in [1.29, 1.82) is 0 Å². The molecule has 92 valence electrons. The number of pyridine rings is 1. The Morgan fingerprint density at radius 2 is 2.06 bits per heavy atom. The summed E-state index contributed by atoms with van der Waals surface area (Å²) in [6.07, 6.45) is 1.55. The van der Waals surface area contributed by atoms with Crippen molar-refractivity contribution in [2.24, 2.45) is 0 Å². The molecule has 0 unspecified atom stereocenters. The van der Waals surface area contributed by atoms with Crippen molar-refractivity contribution in [3.05, 3.63) is 64.1 Å². The number of carbonyl (C=O) groups excluding carboxylic acids is 1. The predicted octanol–water partition coefficient (Wildman–Crippen LogP) is 3.34. The van der Waals surface area contributed by atoms with Crippen LogP contribution in [0.25, 0.3) is 0 Å². The Morgan fingerprint density at radius 3 is 2.78 bits per heavy atom. The highest BCUT2D eigenvalue weighted by molar-refractivity contribution is 9.10. The highest BCUT2D eigenvalue weighted by Gasteiger charge is 2.12. The fourth-order valence-corrected chi connectivity index (χ4v) is 1.79. The van der Waals surface area contributed by atoms with E-state index in [1.165, 1.54) is 6.07 Å². The number of hydrogen-bond donors (Lipinski definition) is 0. The van der Waals surface area contributed by atoms with E-state index in [4.69, 9.17) is 4.74 Å². The molecular formula is C13H9BrFNO2. The van der Waals surface area contributed by atoms with Crippen LogP contribution in [0, 0.1) is 5.82 Å². The van der Waals surface area contributed by atoms with Gasteiger partial charge in [0.25, 0.3) is 0 Å². The largest absolute Gasteiger partial charge is 0.457 e. The van der Waals surface area contributed by atoms with Gasteiger partial charge < -0.3 is 4.74 Å². The molecule has 0 atom stereocenters. The normalized spacial score (nSPS) is 10.1. The van der Waals surface area contributed by atoms with E-state index in [0.717, 1.165) is 0 Å². The van der Waals surface area contributed by atoms with Crippen LogP contribution in [0.1, 0.15) is 15.9 Å². The molecule has 1 heterocycles. The van der Waals surface area contributed by atoms with Gasteiger partial charge in [-0.05, 0) is 34.1 Å². The van der Waals surface area contributed by atoms with Crippen LogP contribution in [-0.4, -0.2) is 11.0 Å². The second-order valence-electron chi connectivity index (χ2n) is 3.51. The van der Waals surface area contributed by atoms with Gasteiger partial charge in [0.15, 0.2) is 0 Å². The Morgan fingerprint density at radius 1 is 1.28 bits per heavy atom. The molecule has 0 aliphatic carbocycles. The smallest absolute Gasteiger partial charge is 0.341 e. The van der Waals surface area contributed by atoms with Gasteiger partial charge in [0.05, 0.1) is 5.56 Å². The number of halogens is 2. The highest BCUT2D eigenvalue weighted by atomic mass is 79.9. The first kappa shape index (κ1) is 12.7. The molecule has 0 spiro atoms. The van der Waals surface area contributed by atoms with Gasteiger partial charge in [-0.2, -0.15) is 0 Å². The van der Waals surface area contributed by atoms with Gasteiger partial charge in [0.1, 0.15) is 17.0 Å². The number of aromatic nitrogens is 1. The molecule has 0 aliphatic heterocycles. The van der Waals surface area contributed by atoms with E-state index >= 15 is 0 Å². The van der Waals surface area contributed by atoms with E-state index < -0.39 is 11.8 Å². The first-order chi connectivity index (χ1) is 8.68. The number of ether oxygens (including phenoxy) is 1. The first-order valence-electron chi connectivity index (χ1n) is 5.19. The lowest BCUT2D eigenvalue weighted by molar-refractivity contribution is 0.0467. The van der Waals surface area contributed by atoms with E-state index in [1.807, 2.05) is 0 Å². The van der Waals surface area contributed by atoms with Crippen LogP contribution in [0.3, 0.4) is 0 Å². The molecule has 18 heavy (non-hydrogen) atoms. The molecule has 0 saturated carbocycles. The minimum Gasteiger partial charge on any atom is -0.457 e. The number of esters is 1.